The number of nitrogens with zero attached hydrogens (tertiary/aromatic N) is 2. The van der Waals surface area contributed by atoms with Crippen LogP contribution in [0.15, 0.2) is 0 Å². The molecule has 122 valence electrons. The highest BCUT2D eigenvalue weighted by atomic mass is 35.5. The molecule has 0 spiro atoms. The van der Waals surface area contributed by atoms with Gasteiger partial charge in [-0.15, -0.1) is 0 Å². The molecule has 1 aromatic rings. The van der Waals surface area contributed by atoms with Gasteiger partial charge >= 0.3 is 0 Å². The zero-order valence-electron chi connectivity index (χ0n) is 14.4. The van der Waals surface area contributed by atoms with Gasteiger partial charge in [0.25, 0.3) is 0 Å². The van der Waals surface area contributed by atoms with E-state index in [0.717, 1.165) is 30.1 Å². The quantitative estimate of drug-likeness (QED) is 0.695. The van der Waals surface area contributed by atoms with Crippen molar-refractivity contribution in [1.82, 2.24) is 15.1 Å². The summed E-state index contributed by atoms with van der Waals surface area (Å²) in [5, 5.41) is 9.09. The van der Waals surface area contributed by atoms with E-state index in [1.54, 1.807) is 0 Å². The second-order valence-corrected chi connectivity index (χ2v) is 6.24. The van der Waals surface area contributed by atoms with Crippen molar-refractivity contribution in [2.75, 3.05) is 6.54 Å². The number of aromatic nitrogens is 2. The molecule has 0 aliphatic heterocycles. The monoisotopic (exact) mass is 313 g/mol. The molecule has 0 fully saturated rings. The lowest BCUT2D eigenvalue weighted by molar-refractivity contribution is 0.315. The number of unbranched alkanes of at least 4 members (excludes halogenated alkanes) is 1. The first-order valence-electron chi connectivity index (χ1n) is 8.52. The number of rotatable bonds is 10. The van der Waals surface area contributed by atoms with Crippen LogP contribution in [0, 0.1) is 5.92 Å². The van der Waals surface area contributed by atoms with Crippen LogP contribution in [-0.4, -0.2) is 22.4 Å². The van der Waals surface area contributed by atoms with Crippen molar-refractivity contribution in [3.63, 3.8) is 0 Å². The Labute approximate surface area is 135 Å². The van der Waals surface area contributed by atoms with Gasteiger partial charge in [-0.2, -0.15) is 5.10 Å². The van der Waals surface area contributed by atoms with E-state index in [9.17, 15) is 0 Å². The Morgan fingerprint density at radius 1 is 1.24 bits per heavy atom. The molecule has 0 aliphatic carbocycles. The minimum Gasteiger partial charge on any atom is -0.314 e. The number of nitrogens with one attached hydrogen (secondary N) is 1. The molecule has 0 amide bonds. The van der Waals surface area contributed by atoms with E-state index in [-0.39, 0.29) is 0 Å². The largest absolute Gasteiger partial charge is 0.314 e. The summed E-state index contributed by atoms with van der Waals surface area (Å²) < 4.78 is 1.97. The van der Waals surface area contributed by atoms with Gasteiger partial charge in [0.15, 0.2) is 0 Å². The van der Waals surface area contributed by atoms with Crippen molar-refractivity contribution in [3.8, 4) is 0 Å². The third-order valence-corrected chi connectivity index (χ3v) is 4.84. The maximum Gasteiger partial charge on any atom is 0.0850 e. The molecular weight excluding hydrogens is 282 g/mol. The van der Waals surface area contributed by atoms with Gasteiger partial charge in [-0.25, -0.2) is 0 Å². The highest BCUT2D eigenvalue weighted by Gasteiger charge is 2.23. The molecule has 4 heteroatoms. The first-order valence-corrected chi connectivity index (χ1v) is 8.90. The second kappa shape index (κ2) is 9.47. The summed E-state index contributed by atoms with van der Waals surface area (Å²) in [6.07, 6.45) is 6.94. The number of halogens is 1. The second-order valence-electron chi connectivity index (χ2n) is 5.86. The molecule has 2 unspecified atom stereocenters. The molecule has 3 nitrogen and oxygen atoms in total. The molecule has 21 heavy (non-hydrogen) atoms. The number of hydrogen-bond acceptors (Lipinski definition) is 2. The number of likely N-dealkylation sites (N-methyl/N-ethyl adjacent to an activating group) is 1. The molecule has 1 heterocycles. The Morgan fingerprint density at radius 2 is 1.95 bits per heavy atom. The van der Waals surface area contributed by atoms with Crippen LogP contribution in [0.3, 0.4) is 0 Å². The van der Waals surface area contributed by atoms with Crippen molar-refractivity contribution in [2.45, 2.75) is 72.3 Å². The first kappa shape index (κ1) is 18.5. The summed E-state index contributed by atoms with van der Waals surface area (Å²) in [6, 6.07) is 0.490. The zero-order chi connectivity index (χ0) is 15.8. The summed E-state index contributed by atoms with van der Waals surface area (Å²) in [6.45, 7) is 9.86. The van der Waals surface area contributed by atoms with E-state index >= 15 is 0 Å². The van der Waals surface area contributed by atoms with Gasteiger partial charge < -0.3 is 5.32 Å². The van der Waals surface area contributed by atoms with E-state index in [2.05, 4.69) is 38.1 Å². The fourth-order valence-electron chi connectivity index (χ4n) is 3.07. The number of aryl methyl sites for hydroxylation is 2. The van der Waals surface area contributed by atoms with Crippen molar-refractivity contribution >= 4 is 11.6 Å². The van der Waals surface area contributed by atoms with Crippen LogP contribution < -0.4 is 5.32 Å². The number of hydrogen-bond donors (Lipinski definition) is 1. The summed E-state index contributed by atoms with van der Waals surface area (Å²) >= 11 is 6.52. The predicted molar refractivity (Wildman–Crippen MR) is 92.1 cm³/mol. The summed E-state index contributed by atoms with van der Waals surface area (Å²) in [5.74, 6) is 0.709. The smallest absolute Gasteiger partial charge is 0.0850 e. The third-order valence-electron chi connectivity index (χ3n) is 4.40. The van der Waals surface area contributed by atoms with Gasteiger partial charge in [-0.05, 0) is 25.3 Å². The van der Waals surface area contributed by atoms with Crippen LogP contribution in [-0.2, 0) is 19.9 Å². The highest BCUT2D eigenvalue weighted by Crippen LogP contribution is 2.26. The van der Waals surface area contributed by atoms with Gasteiger partial charge in [-0.1, -0.05) is 58.6 Å². The summed E-state index contributed by atoms with van der Waals surface area (Å²) in [4.78, 5) is 0. The molecule has 2 atom stereocenters. The lowest BCUT2D eigenvalue weighted by atomic mass is 9.88. The average Bonchev–Trinajstić information content (AvgIpc) is 2.75. The first-order chi connectivity index (χ1) is 10.1. The molecule has 0 bridgehead atoms. The Kier molecular flexibility index (Phi) is 8.35. The Hall–Kier alpha value is -0.540. The average molecular weight is 314 g/mol. The minimum atomic E-state index is 0.490. The highest BCUT2D eigenvalue weighted by molar-refractivity contribution is 6.31. The van der Waals surface area contributed by atoms with Crippen molar-refractivity contribution < 1.29 is 0 Å². The van der Waals surface area contributed by atoms with Gasteiger partial charge in [0, 0.05) is 19.5 Å². The van der Waals surface area contributed by atoms with Crippen LogP contribution in [0.4, 0.5) is 0 Å². The fourth-order valence-corrected chi connectivity index (χ4v) is 3.44. The van der Waals surface area contributed by atoms with Crippen molar-refractivity contribution in [1.29, 1.82) is 0 Å². The standard InChI is InChI=1S/C17H32ClN3/c1-6-10-11-13(7-2)15(19-9-4)12-16-17(18)14(8-3)20-21(16)5/h13,15,19H,6-12H2,1-5H3. The topological polar surface area (TPSA) is 29.9 Å². The van der Waals surface area contributed by atoms with Crippen LogP contribution in [0.25, 0.3) is 0 Å². The van der Waals surface area contributed by atoms with Crippen LogP contribution >= 0.6 is 11.6 Å². The molecule has 1 rings (SSSR count). The van der Waals surface area contributed by atoms with E-state index in [1.165, 1.54) is 31.4 Å². The van der Waals surface area contributed by atoms with Crippen LogP contribution in [0.5, 0.6) is 0 Å². The van der Waals surface area contributed by atoms with Crippen molar-refractivity contribution in [2.24, 2.45) is 13.0 Å². The summed E-state index contributed by atoms with van der Waals surface area (Å²) in [5.41, 5.74) is 2.19. The SMILES string of the molecule is CCCCC(CC)C(Cc1c(Cl)c(CC)nn1C)NCC. The van der Waals surface area contributed by atoms with E-state index in [4.69, 9.17) is 11.6 Å². The maximum absolute atomic E-state index is 6.52. The summed E-state index contributed by atoms with van der Waals surface area (Å²) in [7, 11) is 2.01. The minimum absolute atomic E-state index is 0.490. The van der Waals surface area contributed by atoms with Gasteiger partial charge in [-0.3, -0.25) is 4.68 Å². The Balaban J connectivity index is 2.88. The lowest BCUT2D eigenvalue weighted by Crippen LogP contribution is -2.38. The molecule has 0 saturated heterocycles. The zero-order valence-corrected chi connectivity index (χ0v) is 15.1. The molecule has 0 saturated carbocycles. The predicted octanol–water partition coefficient (Wildman–Crippen LogP) is 4.37. The maximum atomic E-state index is 6.52. The van der Waals surface area contributed by atoms with Crippen LogP contribution in [0.1, 0.15) is 64.8 Å². The van der Waals surface area contributed by atoms with Gasteiger partial charge in [0.05, 0.1) is 16.4 Å². The van der Waals surface area contributed by atoms with E-state index in [1.807, 2.05) is 11.7 Å². The normalized spacial score (nSPS) is 14.4. The van der Waals surface area contributed by atoms with Crippen LogP contribution in [0.2, 0.25) is 5.02 Å². The van der Waals surface area contributed by atoms with Gasteiger partial charge in [0.1, 0.15) is 0 Å². The van der Waals surface area contributed by atoms with E-state index in [0.29, 0.717) is 12.0 Å². The fraction of sp³-hybridized carbons (Fsp3) is 0.824. The Bertz CT molecular complexity index is 414. The molecule has 0 radical (unpaired) electrons. The molecule has 1 N–H and O–H groups in total. The van der Waals surface area contributed by atoms with E-state index < -0.39 is 0 Å². The third kappa shape index (κ3) is 5.00. The molecule has 0 aliphatic rings. The molecule has 1 aromatic heterocycles. The van der Waals surface area contributed by atoms with Gasteiger partial charge in [0.2, 0.25) is 0 Å². The molecule has 0 aromatic carbocycles. The lowest BCUT2D eigenvalue weighted by Gasteiger charge is -2.27. The molecular formula is C17H32ClN3. The van der Waals surface area contributed by atoms with Crippen molar-refractivity contribution in [3.05, 3.63) is 16.4 Å². The Morgan fingerprint density at radius 3 is 2.43 bits per heavy atom.